The van der Waals surface area contributed by atoms with Crippen molar-refractivity contribution in [2.75, 3.05) is 5.32 Å². The van der Waals surface area contributed by atoms with Gasteiger partial charge in [-0.1, -0.05) is 25.1 Å². The zero-order chi connectivity index (χ0) is 18.3. The quantitative estimate of drug-likeness (QED) is 0.720. The summed E-state index contributed by atoms with van der Waals surface area (Å²) in [5, 5.41) is 10.3. The van der Waals surface area contributed by atoms with E-state index in [2.05, 4.69) is 15.5 Å². The highest BCUT2D eigenvalue weighted by Gasteiger charge is 2.39. The van der Waals surface area contributed by atoms with Crippen molar-refractivity contribution in [1.82, 2.24) is 10.2 Å². The Labute approximate surface area is 148 Å². The number of rotatable bonds is 4. The molecule has 1 aliphatic carbocycles. The van der Waals surface area contributed by atoms with Gasteiger partial charge in [-0.15, -0.1) is 0 Å². The molecule has 1 saturated carbocycles. The molecule has 4 rings (SSSR count). The summed E-state index contributed by atoms with van der Waals surface area (Å²) in [6.45, 7) is 2.00. The highest BCUT2D eigenvalue weighted by Crippen LogP contribution is 2.38. The number of nitrogens with one attached hydrogen (secondary N) is 2. The van der Waals surface area contributed by atoms with Crippen molar-refractivity contribution in [3.05, 3.63) is 59.3 Å². The van der Waals surface area contributed by atoms with Crippen LogP contribution in [0, 0.1) is 23.5 Å². The SMILES string of the molecule is CC1CC1C(=O)Nc1cc2c(/C=C/c3ccc(F)cc3)n[nH]c2cc1F. The first-order chi connectivity index (χ1) is 12.5. The number of hydrogen-bond donors (Lipinski definition) is 2. The van der Waals surface area contributed by atoms with Crippen molar-refractivity contribution in [2.24, 2.45) is 11.8 Å². The molecule has 1 fully saturated rings. The van der Waals surface area contributed by atoms with E-state index in [1.54, 1.807) is 30.4 Å². The van der Waals surface area contributed by atoms with Gasteiger partial charge in [0.05, 0.1) is 16.9 Å². The molecule has 1 amide bonds. The van der Waals surface area contributed by atoms with E-state index in [0.29, 0.717) is 22.5 Å². The molecule has 3 aromatic rings. The maximum atomic E-state index is 14.2. The van der Waals surface area contributed by atoms with Crippen LogP contribution in [0.3, 0.4) is 0 Å². The number of hydrogen-bond acceptors (Lipinski definition) is 2. The lowest BCUT2D eigenvalue weighted by atomic mass is 10.1. The Morgan fingerprint density at radius 1 is 1.23 bits per heavy atom. The van der Waals surface area contributed by atoms with Crippen molar-refractivity contribution in [3.8, 4) is 0 Å². The number of amides is 1. The molecule has 4 nitrogen and oxygen atoms in total. The van der Waals surface area contributed by atoms with E-state index in [1.165, 1.54) is 18.2 Å². The second-order valence-electron chi connectivity index (χ2n) is 6.68. The van der Waals surface area contributed by atoms with Crippen LogP contribution in [0.4, 0.5) is 14.5 Å². The Balaban J connectivity index is 1.62. The minimum absolute atomic E-state index is 0.0349. The van der Waals surface area contributed by atoms with E-state index in [0.717, 1.165) is 12.0 Å². The van der Waals surface area contributed by atoms with Crippen LogP contribution in [0.1, 0.15) is 24.6 Å². The van der Waals surface area contributed by atoms with Gasteiger partial charge < -0.3 is 5.32 Å². The molecule has 2 aromatic carbocycles. The lowest BCUT2D eigenvalue weighted by Crippen LogP contribution is -2.15. The maximum Gasteiger partial charge on any atom is 0.227 e. The zero-order valence-corrected chi connectivity index (χ0v) is 14.1. The van der Waals surface area contributed by atoms with E-state index in [4.69, 9.17) is 0 Å². The van der Waals surface area contributed by atoms with Crippen LogP contribution in [0.2, 0.25) is 0 Å². The van der Waals surface area contributed by atoms with E-state index < -0.39 is 5.82 Å². The number of aromatic amines is 1. The van der Waals surface area contributed by atoms with E-state index in [-0.39, 0.29) is 23.3 Å². The van der Waals surface area contributed by atoms with E-state index in [9.17, 15) is 13.6 Å². The lowest BCUT2D eigenvalue weighted by molar-refractivity contribution is -0.117. The molecule has 2 atom stereocenters. The molecule has 1 aromatic heterocycles. The molecular formula is C20H17F2N3O. The van der Waals surface area contributed by atoms with Crippen molar-refractivity contribution in [2.45, 2.75) is 13.3 Å². The summed E-state index contributed by atoms with van der Waals surface area (Å²) in [5.41, 5.74) is 2.12. The van der Waals surface area contributed by atoms with Gasteiger partial charge in [0.2, 0.25) is 5.91 Å². The standard InChI is InChI=1S/C20H17F2N3O/c1-11-8-14(11)20(26)23-19-9-15-17(24-25-18(15)10-16(19)22)7-4-12-2-5-13(21)6-3-12/h2-7,9-11,14H,8H2,1H3,(H,23,26)(H,24,25)/b7-4+. The number of carbonyl (C=O) groups excluding carboxylic acids is 1. The third-order valence-corrected chi connectivity index (χ3v) is 4.69. The molecule has 2 unspecified atom stereocenters. The lowest BCUT2D eigenvalue weighted by Gasteiger charge is -2.06. The summed E-state index contributed by atoms with van der Waals surface area (Å²) in [4.78, 5) is 12.1. The Morgan fingerprint density at radius 2 is 1.96 bits per heavy atom. The summed E-state index contributed by atoms with van der Waals surface area (Å²) < 4.78 is 27.2. The molecule has 0 aliphatic heterocycles. The van der Waals surface area contributed by atoms with Crippen molar-refractivity contribution in [3.63, 3.8) is 0 Å². The topological polar surface area (TPSA) is 57.8 Å². The smallest absolute Gasteiger partial charge is 0.227 e. The largest absolute Gasteiger partial charge is 0.323 e. The number of benzene rings is 2. The molecule has 1 heterocycles. The van der Waals surface area contributed by atoms with E-state index in [1.807, 2.05) is 6.92 Å². The molecule has 6 heteroatoms. The third kappa shape index (κ3) is 3.22. The first kappa shape index (κ1) is 16.4. The second-order valence-corrected chi connectivity index (χ2v) is 6.68. The monoisotopic (exact) mass is 353 g/mol. The molecule has 132 valence electrons. The van der Waals surface area contributed by atoms with Gasteiger partial charge in [0.1, 0.15) is 11.6 Å². The highest BCUT2D eigenvalue weighted by molar-refractivity contribution is 5.98. The first-order valence-corrected chi connectivity index (χ1v) is 8.43. The summed E-state index contributed by atoms with van der Waals surface area (Å²) in [7, 11) is 0. The van der Waals surface area contributed by atoms with Gasteiger partial charge in [-0.05, 0) is 42.2 Å². The zero-order valence-electron chi connectivity index (χ0n) is 14.1. The number of nitrogens with zero attached hydrogens (tertiary/aromatic N) is 1. The molecular weight excluding hydrogens is 336 g/mol. The number of carbonyl (C=O) groups is 1. The predicted molar refractivity (Wildman–Crippen MR) is 97.3 cm³/mol. The molecule has 0 bridgehead atoms. The van der Waals surface area contributed by atoms with Gasteiger partial charge in [0, 0.05) is 17.4 Å². The van der Waals surface area contributed by atoms with Crippen molar-refractivity contribution in [1.29, 1.82) is 0 Å². The Kier molecular flexibility index (Phi) is 4.03. The van der Waals surface area contributed by atoms with Crippen LogP contribution < -0.4 is 5.32 Å². The van der Waals surface area contributed by atoms with Crippen LogP contribution in [-0.4, -0.2) is 16.1 Å². The normalized spacial score (nSPS) is 19.2. The van der Waals surface area contributed by atoms with Gasteiger partial charge in [0.25, 0.3) is 0 Å². The highest BCUT2D eigenvalue weighted by atomic mass is 19.1. The van der Waals surface area contributed by atoms with Gasteiger partial charge in [0.15, 0.2) is 0 Å². The van der Waals surface area contributed by atoms with Crippen LogP contribution in [-0.2, 0) is 4.79 Å². The predicted octanol–water partition coefficient (Wildman–Crippen LogP) is 4.61. The molecule has 0 radical (unpaired) electrons. The van der Waals surface area contributed by atoms with Crippen LogP contribution in [0.15, 0.2) is 36.4 Å². The minimum atomic E-state index is -0.503. The van der Waals surface area contributed by atoms with Crippen LogP contribution in [0.25, 0.3) is 23.1 Å². The van der Waals surface area contributed by atoms with Crippen LogP contribution in [0.5, 0.6) is 0 Å². The fourth-order valence-electron chi connectivity index (χ4n) is 2.94. The van der Waals surface area contributed by atoms with Crippen molar-refractivity contribution < 1.29 is 13.6 Å². The minimum Gasteiger partial charge on any atom is -0.323 e. The average Bonchev–Trinajstić information content (AvgIpc) is 3.23. The number of anilines is 1. The number of H-pyrrole nitrogens is 1. The molecule has 1 aliphatic rings. The Hall–Kier alpha value is -3.02. The number of fused-ring (bicyclic) bond motifs is 1. The van der Waals surface area contributed by atoms with Gasteiger partial charge in [-0.2, -0.15) is 5.10 Å². The van der Waals surface area contributed by atoms with E-state index >= 15 is 0 Å². The summed E-state index contributed by atoms with van der Waals surface area (Å²) in [5.74, 6) is -0.634. The first-order valence-electron chi connectivity index (χ1n) is 8.43. The van der Waals surface area contributed by atoms with Crippen LogP contribution >= 0.6 is 0 Å². The fourth-order valence-corrected chi connectivity index (χ4v) is 2.94. The van der Waals surface area contributed by atoms with Gasteiger partial charge in [-0.25, -0.2) is 8.78 Å². The van der Waals surface area contributed by atoms with Crippen molar-refractivity contribution >= 4 is 34.6 Å². The molecule has 2 N–H and O–H groups in total. The second kappa shape index (κ2) is 6.37. The molecule has 0 saturated heterocycles. The number of halogens is 2. The summed E-state index contributed by atoms with van der Waals surface area (Å²) in [6.07, 6.45) is 4.40. The Bertz CT molecular complexity index is 1010. The fraction of sp³-hybridized carbons (Fsp3) is 0.200. The third-order valence-electron chi connectivity index (χ3n) is 4.69. The Morgan fingerprint density at radius 3 is 2.65 bits per heavy atom. The van der Waals surface area contributed by atoms with Gasteiger partial charge >= 0.3 is 0 Å². The van der Waals surface area contributed by atoms with Gasteiger partial charge in [-0.3, -0.25) is 9.89 Å². The molecule has 0 spiro atoms. The average molecular weight is 353 g/mol. The molecule has 26 heavy (non-hydrogen) atoms. The summed E-state index contributed by atoms with van der Waals surface area (Å²) in [6, 6.07) is 8.98. The number of aromatic nitrogens is 2. The summed E-state index contributed by atoms with van der Waals surface area (Å²) >= 11 is 0. The maximum absolute atomic E-state index is 14.2.